The first-order chi connectivity index (χ1) is 8.81. The molecule has 104 valence electrons. The number of rotatable bonds is 9. The molecule has 0 radical (unpaired) electrons. The van der Waals surface area contributed by atoms with E-state index in [9.17, 15) is 0 Å². The molecule has 0 aliphatic carbocycles. The Morgan fingerprint density at radius 3 is 2.83 bits per heavy atom. The third-order valence-electron chi connectivity index (χ3n) is 2.12. The Bertz CT molecular complexity index is 271. The second-order valence-corrected chi connectivity index (χ2v) is 4.49. The van der Waals surface area contributed by atoms with Gasteiger partial charge < -0.3 is 15.8 Å². The molecule has 0 heterocycles. The van der Waals surface area contributed by atoms with Crippen LogP contribution in [0.2, 0.25) is 0 Å². The van der Waals surface area contributed by atoms with E-state index in [-0.39, 0.29) is 6.02 Å². The van der Waals surface area contributed by atoms with Crippen LogP contribution in [0.25, 0.3) is 0 Å². The molecule has 0 aromatic heterocycles. The number of nitrogens with one attached hydrogen (secondary N) is 1. The molecule has 0 saturated heterocycles. The molecular weight excluding hydrogens is 246 g/mol. The summed E-state index contributed by atoms with van der Waals surface area (Å²) >= 11 is 1.37. The van der Waals surface area contributed by atoms with Gasteiger partial charge in [0.2, 0.25) is 0 Å². The second-order valence-electron chi connectivity index (χ2n) is 3.76. The summed E-state index contributed by atoms with van der Waals surface area (Å²) in [5, 5.41) is 3.29. The van der Waals surface area contributed by atoms with Crippen LogP contribution in [0.4, 0.5) is 0 Å². The maximum Gasteiger partial charge on any atom is 0.294 e. The maximum atomic E-state index is 5.55. The van der Waals surface area contributed by atoms with Crippen LogP contribution in [0, 0.1) is 11.8 Å². The van der Waals surface area contributed by atoms with Crippen molar-refractivity contribution in [1.82, 2.24) is 5.32 Å². The van der Waals surface area contributed by atoms with Crippen molar-refractivity contribution in [2.24, 2.45) is 10.1 Å². The molecule has 0 atom stereocenters. The van der Waals surface area contributed by atoms with Crippen molar-refractivity contribution in [3.8, 4) is 11.8 Å². The number of nitrogens with zero attached hydrogens (tertiary/aromatic N) is 1. The minimum atomic E-state index is 0.193. The standard InChI is InChI=1S/C13H25N3OS/c1-3-5-7-8-10-15-12-18-16-13(14)17-11-9-6-4-2/h15H,3-5,7-8,10-12H2,1-2H3,(H2,14,16). The molecule has 0 aromatic carbocycles. The van der Waals surface area contributed by atoms with Gasteiger partial charge in [-0.05, 0) is 24.9 Å². The summed E-state index contributed by atoms with van der Waals surface area (Å²) in [4.78, 5) is 0. The van der Waals surface area contributed by atoms with E-state index in [2.05, 4.69) is 28.5 Å². The minimum Gasteiger partial charge on any atom is -0.452 e. The zero-order chi connectivity index (χ0) is 13.5. The van der Waals surface area contributed by atoms with Crippen molar-refractivity contribution in [3.63, 3.8) is 0 Å². The molecule has 0 amide bonds. The van der Waals surface area contributed by atoms with Gasteiger partial charge in [0.05, 0.1) is 5.88 Å². The summed E-state index contributed by atoms with van der Waals surface area (Å²) in [5.74, 6) is 6.50. The highest BCUT2D eigenvalue weighted by atomic mass is 32.2. The van der Waals surface area contributed by atoms with Crippen LogP contribution >= 0.6 is 11.9 Å². The smallest absolute Gasteiger partial charge is 0.294 e. The predicted molar refractivity (Wildman–Crippen MR) is 80.2 cm³/mol. The summed E-state index contributed by atoms with van der Waals surface area (Å²) < 4.78 is 9.12. The summed E-state index contributed by atoms with van der Waals surface area (Å²) in [6.07, 6.45) is 5.92. The van der Waals surface area contributed by atoms with E-state index in [1.54, 1.807) is 0 Å². The molecule has 0 aliphatic heterocycles. The Morgan fingerprint density at radius 2 is 2.11 bits per heavy atom. The van der Waals surface area contributed by atoms with Gasteiger partial charge >= 0.3 is 0 Å². The average molecular weight is 271 g/mol. The molecule has 5 heteroatoms. The van der Waals surface area contributed by atoms with Gasteiger partial charge in [0.15, 0.2) is 6.61 Å². The fraction of sp³-hybridized carbons (Fsp3) is 0.769. The van der Waals surface area contributed by atoms with Crippen molar-refractivity contribution < 1.29 is 4.74 Å². The van der Waals surface area contributed by atoms with Gasteiger partial charge in [0, 0.05) is 6.42 Å². The highest BCUT2D eigenvalue weighted by Gasteiger charge is 1.92. The molecule has 0 rings (SSSR count). The third-order valence-corrected chi connectivity index (χ3v) is 2.76. The van der Waals surface area contributed by atoms with Gasteiger partial charge in [-0.15, -0.1) is 5.92 Å². The Kier molecular flexibility index (Phi) is 13.5. The predicted octanol–water partition coefficient (Wildman–Crippen LogP) is 2.51. The molecule has 0 saturated carbocycles. The minimum absolute atomic E-state index is 0.193. The number of nitrogens with two attached hydrogens (primary N) is 1. The average Bonchev–Trinajstić information content (AvgIpc) is 2.38. The zero-order valence-electron chi connectivity index (χ0n) is 11.5. The summed E-state index contributed by atoms with van der Waals surface area (Å²) in [5.41, 5.74) is 5.55. The lowest BCUT2D eigenvalue weighted by molar-refractivity contribution is 0.353. The van der Waals surface area contributed by atoms with Crippen LogP contribution in [-0.2, 0) is 4.74 Å². The third kappa shape index (κ3) is 13.2. The monoisotopic (exact) mass is 271 g/mol. The highest BCUT2D eigenvalue weighted by molar-refractivity contribution is 7.98. The van der Waals surface area contributed by atoms with Crippen LogP contribution < -0.4 is 11.1 Å². The van der Waals surface area contributed by atoms with Crippen LogP contribution in [-0.4, -0.2) is 25.1 Å². The zero-order valence-corrected chi connectivity index (χ0v) is 12.3. The van der Waals surface area contributed by atoms with E-state index in [0.717, 1.165) is 18.8 Å². The number of amidine groups is 1. The van der Waals surface area contributed by atoms with Crippen LogP contribution in [0.3, 0.4) is 0 Å². The van der Waals surface area contributed by atoms with Crippen molar-refractivity contribution in [1.29, 1.82) is 0 Å². The van der Waals surface area contributed by atoms with E-state index < -0.39 is 0 Å². The molecule has 18 heavy (non-hydrogen) atoms. The first kappa shape index (κ1) is 17.1. The molecule has 4 nitrogen and oxygen atoms in total. The lowest BCUT2D eigenvalue weighted by atomic mass is 10.2. The van der Waals surface area contributed by atoms with E-state index in [1.807, 2.05) is 6.92 Å². The Morgan fingerprint density at radius 1 is 1.28 bits per heavy atom. The number of hydrogen-bond donors (Lipinski definition) is 2. The van der Waals surface area contributed by atoms with E-state index in [4.69, 9.17) is 10.5 Å². The molecule has 0 aliphatic rings. The van der Waals surface area contributed by atoms with Crippen LogP contribution in [0.5, 0.6) is 0 Å². The molecule has 0 spiro atoms. The first-order valence-electron chi connectivity index (χ1n) is 6.55. The summed E-state index contributed by atoms with van der Waals surface area (Å²) in [6, 6.07) is 0.193. The Balaban J connectivity index is 3.34. The van der Waals surface area contributed by atoms with Crippen LogP contribution in [0.15, 0.2) is 4.40 Å². The molecular formula is C13H25N3OS. The van der Waals surface area contributed by atoms with Crippen molar-refractivity contribution >= 4 is 18.0 Å². The topological polar surface area (TPSA) is 59.6 Å². The van der Waals surface area contributed by atoms with Gasteiger partial charge in [0.25, 0.3) is 6.02 Å². The van der Waals surface area contributed by atoms with Gasteiger partial charge in [-0.25, -0.2) is 0 Å². The number of ether oxygens (including phenoxy) is 1. The van der Waals surface area contributed by atoms with Gasteiger partial charge in [0.1, 0.15) is 0 Å². The fourth-order valence-electron chi connectivity index (χ4n) is 1.20. The van der Waals surface area contributed by atoms with E-state index in [1.165, 1.54) is 37.6 Å². The Hall–Kier alpha value is -0.860. The van der Waals surface area contributed by atoms with Gasteiger partial charge in [-0.1, -0.05) is 39.0 Å². The van der Waals surface area contributed by atoms with Gasteiger partial charge in [-0.3, -0.25) is 0 Å². The van der Waals surface area contributed by atoms with Crippen LogP contribution in [0.1, 0.15) is 46.0 Å². The number of unbranched alkanes of at least 4 members (excludes halogenated alkanes) is 3. The Labute approximate surface area is 115 Å². The molecule has 0 bridgehead atoms. The quantitative estimate of drug-likeness (QED) is 0.169. The van der Waals surface area contributed by atoms with Gasteiger partial charge in [-0.2, -0.15) is 4.40 Å². The summed E-state index contributed by atoms with van der Waals surface area (Å²) in [6.45, 7) is 5.55. The lowest BCUT2D eigenvalue weighted by Gasteiger charge is -2.02. The van der Waals surface area contributed by atoms with E-state index >= 15 is 0 Å². The first-order valence-corrected chi connectivity index (χ1v) is 7.50. The molecule has 0 aromatic rings. The number of hydrogen-bond acceptors (Lipinski definition) is 4. The van der Waals surface area contributed by atoms with E-state index in [0.29, 0.717) is 6.61 Å². The molecule has 0 unspecified atom stereocenters. The summed E-state index contributed by atoms with van der Waals surface area (Å²) in [7, 11) is 0. The normalized spacial score (nSPS) is 10.9. The maximum absolute atomic E-state index is 5.55. The molecule has 3 N–H and O–H groups in total. The van der Waals surface area contributed by atoms with Crippen molar-refractivity contribution in [3.05, 3.63) is 0 Å². The molecule has 0 fully saturated rings. The lowest BCUT2D eigenvalue weighted by Crippen LogP contribution is -2.17. The van der Waals surface area contributed by atoms with Crippen molar-refractivity contribution in [2.45, 2.75) is 46.0 Å². The largest absolute Gasteiger partial charge is 0.452 e. The highest BCUT2D eigenvalue weighted by Crippen LogP contribution is 2.00. The SMILES string of the molecule is CCC#CCO/C(N)=N/SCNCCCCCC. The van der Waals surface area contributed by atoms with Crippen molar-refractivity contribution in [2.75, 3.05) is 19.0 Å². The fourth-order valence-corrected chi connectivity index (χ4v) is 1.68. The second kappa shape index (κ2) is 14.2.